The molecule has 0 fully saturated rings. The molecule has 0 atom stereocenters. The first-order valence-corrected chi connectivity index (χ1v) is 5.22. The van der Waals surface area contributed by atoms with Gasteiger partial charge in [-0.25, -0.2) is 0 Å². The third-order valence-electron chi connectivity index (χ3n) is 1.72. The molecule has 0 aliphatic rings. The van der Waals surface area contributed by atoms with Crippen LogP contribution in [0.15, 0.2) is 24.5 Å². The summed E-state index contributed by atoms with van der Waals surface area (Å²) >= 11 is 3.42. The van der Waals surface area contributed by atoms with E-state index in [1.54, 1.807) is 0 Å². The Bertz CT molecular complexity index is 170. The first-order chi connectivity index (χ1) is 5.43. The van der Waals surface area contributed by atoms with Crippen LogP contribution in [0.3, 0.4) is 0 Å². The van der Waals surface area contributed by atoms with E-state index in [1.807, 2.05) is 0 Å². The maximum absolute atomic E-state index is 3.42. The second-order valence-corrected chi connectivity index (χ2v) is 3.46. The minimum absolute atomic E-state index is 1.14. The second-order valence-electron chi connectivity index (χ2n) is 2.67. The number of unbranched alkanes of at least 4 members (excludes halogenated alkanes) is 2. The molecule has 0 saturated carbocycles. The molecular weight excluding hydrogens is 202 g/mol. The van der Waals surface area contributed by atoms with Crippen molar-refractivity contribution in [2.45, 2.75) is 25.8 Å². The lowest BCUT2D eigenvalue weighted by molar-refractivity contribution is 0.607. The topological polar surface area (TPSA) is 4.93 Å². The lowest BCUT2D eigenvalue weighted by Gasteiger charge is -2.00. The molecule has 0 bridgehead atoms. The third-order valence-corrected chi connectivity index (χ3v) is 2.28. The van der Waals surface area contributed by atoms with Crippen molar-refractivity contribution in [3.63, 3.8) is 0 Å². The number of aryl methyl sites for hydroxylation is 1. The van der Waals surface area contributed by atoms with E-state index >= 15 is 0 Å². The predicted molar refractivity (Wildman–Crippen MR) is 52.1 cm³/mol. The van der Waals surface area contributed by atoms with Crippen molar-refractivity contribution in [1.82, 2.24) is 4.57 Å². The normalized spacial score (nSPS) is 10.3. The van der Waals surface area contributed by atoms with Gasteiger partial charge >= 0.3 is 0 Å². The molecule has 0 amide bonds. The molecule has 0 N–H and O–H groups in total. The molecule has 1 aromatic heterocycles. The van der Waals surface area contributed by atoms with E-state index in [1.165, 1.54) is 25.8 Å². The van der Waals surface area contributed by atoms with Crippen molar-refractivity contribution in [3.8, 4) is 0 Å². The quantitative estimate of drug-likeness (QED) is 0.526. The van der Waals surface area contributed by atoms with Crippen LogP contribution in [-0.2, 0) is 6.54 Å². The lowest BCUT2D eigenvalue weighted by atomic mass is 10.2. The molecule has 11 heavy (non-hydrogen) atoms. The molecule has 0 saturated heterocycles. The van der Waals surface area contributed by atoms with Crippen LogP contribution in [0.2, 0.25) is 0 Å². The Labute approximate surface area is 76.5 Å². The zero-order chi connectivity index (χ0) is 7.94. The summed E-state index contributed by atoms with van der Waals surface area (Å²) < 4.78 is 2.23. The van der Waals surface area contributed by atoms with Crippen molar-refractivity contribution >= 4 is 15.9 Å². The monoisotopic (exact) mass is 215 g/mol. The van der Waals surface area contributed by atoms with E-state index in [-0.39, 0.29) is 0 Å². The lowest BCUT2D eigenvalue weighted by Crippen LogP contribution is -1.93. The Balaban J connectivity index is 2.04. The average Bonchev–Trinajstić information content (AvgIpc) is 2.50. The average molecular weight is 216 g/mol. The number of rotatable bonds is 5. The smallest absolute Gasteiger partial charge is 0.0219 e. The van der Waals surface area contributed by atoms with Crippen molar-refractivity contribution < 1.29 is 0 Å². The maximum atomic E-state index is 3.42. The van der Waals surface area contributed by atoms with Gasteiger partial charge in [-0.05, 0) is 25.0 Å². The maximum Gasteiger partial charge on any atom is 0.0219 e. The molecule has 0 aliphatic carbocycles. The van der Waals surface area contributed by atoms with Gasteiger partial charge < -0.3 is 4.57 Å². The molecule has 2 heteroatoms. The van der Waals surface area contributed by atoms with Gasteiger partial charge in [0, 0.05) is 24.3 Å². The molecular formula is C9H14BrN. The fourth-order valence-electron chi connectivity index (χ4n) is 1.08. The summed E-state index contributed by atoms with van der Waals surface area (Å²) in [5, 5.41) is 1.14. The summed E-state index contributed by atoms with van der Waals surface area (Å²) in [5.74, 6) is 0. The Morgan fingerprint density at radius 3 is 2.36 bits per heavy atom. The number of halogens is 1. The molecule has 0 radical (unpaired) electrons. The summed E-state index contributed by atoms with van der Waals surface area (Å²) in [4.78, 5) is 0. The van der Waals surface area contributed by atoms with Crippen molar-refractivity contribution in [1.29, 1.82) is 0 Å². The number of nitrogens with zero attached hydrogens (tertiary/aromatic N) is 1. The number of hydrogen-bond donors (Lipinski definition) is 0. The van der Waals surface area contributed by atoms with Crippen LogP contribution < -0.4 is 0 Å². The predicted octanol–water partition coefficient (Wildman–Crippen LogP) is 3.05. The van der Waals surface area contributed by atoms with Crippen molar-refractivity contribution in [2.24, 2.45) is 0 Å². The minimum atomic E-state index is 1.14. The molecule has 0 aliphatic heterocycles. The summed E-state index contributed by atoms with van der Waals surface area (Å²) in [6.45, 7) is 1.17. The first-order valence-electron chi connectivity index (χ1n) is 4.10. The van der Waals surface area contributed by atoms with E-state index in [0.29, 0.717) is 0 Å². The summed E-state index contributed by atoms with van der Waals surface area (Å²) in [6.07, 6.45) is 8.15. The number of hydrogen-bond acceptors (Lipinski definition) is 0. The zero-order valence-electron chi connectivity index (χ0n) is 6.67. The molecule has 1 heterocycles. The molecule has 0 unspecified atom stereocenters. The standard InChI is InChI=1S/C9H14BrN/c10-6-2-1-3-7-11-8-4-5-9-11/h4-5,8-9H,1-3,6-7H2. The van der Waals surface area contributed by atoms with E-state index < -0.39 is 0 Å². The molecule has 1 rings (SSSR count). The fourth-order valence-corrected chi connectivity index (χ4v) is 1.48. The number of aromatic nitrogens is 1. The van der Waals surface area contributed by atoms with Gasteiger partial charge in [-0.1, -0.05) is 22.4 Å². The Morgan fingerprint density at radius 2 is 1.73 bits per heavy atom. The Morgan fingerprint density at radius 1 is 1.00 bits per heavy atom. The second kappa shape index (κ2) is 5.42. The van der Waals surface area contributed by atoms with Gasteiger partial charge in [0.2, 0.25) is 0 Å². The number of alkyl halides is 1. The van der Waals surface area contributed by atoms with E-state index in [9.17, 15) is 0 Å². The highest BCUT2D eigenvalue weighted by molar-refractivity contribution is 9.09. The van der Waals surface area contributed by atoms with Gasteiger partial charge in [0.05, 0.1) is 0 Å². The van der Waals surface area contributed by atoms with Crippen molar-refractivity contribution in [3.05, 3.63) is 24.5 Å². The van der Waals surface area contributed by atoms with Crippen LogP contribution in [0, 0.1) is 0 Å². The van der Waals surface area contributed by atoms with Gasteiger partial charge in [0.1, 0.15) is 0 Å². The third kappa shape index (κ3) is 3.61. The van der Waals surface area contributed by atoms with E-state index in [4.69, 9.17) is 0 Å². The molecule has 1 aromatic rings. The van der Waals surface area contributed by atoms with Crippen LogP contribution >= 0.6 is 15.9 Å². The van der Waals surface area contributed by atoms with Crippen LogP contribution in [0.1, 0.15) is 19.3 Å². The highest BCUT2D eigenvalue weighted by atomic mass is 79.9. The molecule has 1 nitrogen and oxygen atoms in total. The van der Waals surface area contributed by atoms with E-state index in [0.717, 1.165) is 5.33 Å². The van der Waals surface area contributed by atoms with Gasteiger partial charge in [0.25, 0.3) is 0 Å². The minimum Gasteiger partial charge on any atom is -0.354 e. The van der Waals surface area contributed by atoms with Crippen LogP contribution in [0.4, 0.5) is 0 Å². The molecule has 0 spiro atoms. The largest absolute Gasteiger partial charge is 0.354 e. The fraction of sp³-hybridized carbons (Fsp3) is 0.556. The van der Waals surface area contributed by atoms with Crippen LogP contribution in [0.5, 0.6) is 0 Å². The summed E-state index contributed by atoms with van der Waals surface area (Å²) in [6, 6.07) is 4.15. The van der Waals surface area contributed by atoms with E-state index in [2.05, 4.69) is 45.0 Å². The van der Waals surface area contributed by atoms with Crippen molar-refractivity contribution in [2.75, 3.05) is 5.33 Å². The SMILES string of the molecule is BrCCCCCn1cccc1. The summed E-state index contributed by atoms with van der Waals surface area (Å²) in [5.41, 5.74) is 0. The Hall–Kier alpha value is -0.240. The highest BCUT2D eigenvalue weighted by Crippen LogP contribution is 2.01. The van der Waals surface area contributed by atoms with Gasteiger partial charge in [-0.15, -0.1) is 0 Å². The molecule has 0 aromatic carbocycles. The van der Waals surface area contributed by atoms with Gasteiger partial charge in [0.15, 0.2) is 0 Å². The highest BCUT2D eigenvalue weighted by Gasteiger charge is 1.88. The van der Waals surface area contributed by atoms with Gasteiger partial charge in [-0.3, -0.25) is 0 Å². The van der Waals surface area contributed by atoms with Crippen LogP contribution in [-0.4, -0.2) is 9.90 Å². The van der Waals surface area contributed by atoms with Gasteiger partial charge in [-0.2, -0.15) is 0 Å². The first kappa shape index (κ1) is 8.85. The van der Waals surface area contributed by atoms with Crippen LogP contribution in [0.25, 0.3) is 0 Å². The summed E-state index contributed by atoms with van der Waals surface area (Å²) in [7, 11) is 0. The molecule has 62 valence electrons. The zero-order valence-corrected chi connectivity index (χ0v) is 8.26. The Kier molecular flexibility index (Phi) is 4.36.